The number of hydrogen-bond donors (Lipinski definition) is 1. The number of aryl methyl sites for hydroxylation is 4. The molecule has 1 aliphatic heterocycles. The van der Waals surface area contributed by atoms with Gasteiger partial charge in [-0.1, -0.05) is 19.9 Å². The SMILES string of the molecule is Cc1ccc(Cn2cc(CCc3nc(C)c4c(n3)N(C)[C@@H](C(C)C)C(=O)N4)cn2)cn1.S. The Bertz CT molecular complexity index is 1090. The summed E-state index contributed by atoms with van der Waals surface area (Å²) in [5.74, 6) is 1.76. The van der Waals surface area contributed by atoms with Crippen LogP contribution in [0.3, 0.4) is 0 Å². The van der Waals surface area contributed by atoms with Crippen LogP contribution in [-0.4, -0.2) is 43.7 Å². The van der Waals surface area contributed by atoms with E-state index in [1.54, 1.807) is 0 Å². The van der Waals surface area contributed by atoms with E-state index >= 15 is 0 Å². The zero-order valence-corrected chi connectivity index (χ0v) is 20.3. The van der Waals surface area contributed by atoms with E-state index in [0.29, 0.717) is 18.7 Å². The van der Waals surface area contributed by atoms with Crippen molar-refractivity contribution in [1.29, 1.82) is 0 Å². The number of amides is 1. The number of nitrogens with one attached hydrogen (secondary N) is 1. The minimum Gasteiger partial charge on any atom is -0.346 e. The van der Waals surface area contributed by atoms with Gasteiger partial charge in [0, 0.05) is 31.6 Å². The summed E-state index contributed by atoms with van der Waals surface area (Å²) < 4.78 is 1.93. The highest BCUT2D eigenvalue weighted by atomic mass is 32.1. The summed E-state index contributed by atoms with van der Waals surface area (Å²) in [5.41, 5.74) is 4.78. The molecule has 0 aromatic carbocycles. The predicted octanol–water partition coefficient (Wildman–Crippen LogP) is 3.04. The maximum absolute atomic E-state index is 12.5. The molecule has 0 spiro atoms. The molecule has 9 heteroatoms. The van der Waals surface area contributed by atoms with Gasteiger partial charge in [-0.2, -0.15) is 18.6 Å². The number of carbonyl (C=O) groups is 1. The maximum atomic E-state index is 12.5. The van der Waals surface area contributed by atoms with Crippen LogP contribution in [0, 0.1) is 19.8 Å². The van der Waals surface area contributed by atoms with Crippen LogP contribution >= 0.6 is 13.5 Å². The molecule has 32 heavy (non-hydrogen) atoms. The van der Waals surface area contributed by atoms with Gasteiger partial charge in [-0.25, -0.2) is 9.97 Å². The van der Waals surface area contributed by atoms with Gasteiger partial charge < -0.3 is 10.2 Å². The molecule has 1 atom stereocenters. The molecule has 0 radical (unpaired) electrons. The number of aromatic nitrogens is 5. The van der Waals surface area contributed by atoms with Crippen LogP contribution in [0.5, 0.6) is 0 Å². The van der Waals surface area contributed by atoms with Crippen molar-refractivity contribution in [1.82, 2.24) is 24.7 Å². The molecule has 1 N–H and O–H groups in total. The third-order valence-corrected chi connectivity index (χ3v) is 5.66. The van der Waals surface area contributed by atoms with E-state index in [2.05, 4.69) is 32.6 Å². The molecule has 1 aliphatic rings. The Balaban J connectivity index is 0.00000289. The third-order valence-electron chi connectivity index (χ3n) is 5.66. The van der Waals surface area contributed by atoms with Crippen molar-refractivity contribution in [3.8, 4) is 0 Å². The first-order chi connectivity index (χ1) is 14.8. The van der Waals surface area contributed by atoms with Gasteiger partial charge in [0.15, 0.2) is 5.82 Å². The van der Waals surface area contributed by atoms with Gasteiger partial charge in [-0.15, -0.1) is 0 Å². The number of fused-ring (bicyclic) bond motifs is 1. The van der Waals surface area contributed by atoms with E-state index in [4.69, 9.17) is 4.98 Å². The van der Waals surface area contributed by atoms with Crippen LogP contribution in [-0.2, 0) is 24.2 Å². The summed E-state index contributed by atoms with van der Waals surface area (Å²) in [4.78, 5) is 28.2. The second kappa shape index (κ2) is 9.68. The summed E-state index contributed by atoms with van der Waals surface area (Å²) in [6.07, 6.45) is 7.36. The van der Waals surface area contributed by atoms with Crippen molar-refractivity contribution >= 4 is 30.9 Å². The highest BCUT2D eigenvalue weighted by Gasteiger charge is 2.35. The second-order valence-electron chi connectivity index (χ2n) is 8.57. The van der Waals surface area contributed by atoms with Crippen LogP contribution in [0.2, 0.25) is 0 Å². The van der Waals surface area contributed by atoms with Gasteiger partial charge in [-0.3, -0.25) is 14.5 Å². The van der Waals surface area contributed by atoms with Gasteiger partial charge in [-0.05, 0) is 43.4 Å². The lowest BCUT2D eigenvalue weighted by molar-refractivity contribution is -0.118. The van der Waals surface area contributed by atoms with Crippen molar-refractivity contribution in [2.24, 2.45) is 5.92 Å². The highest BCUT2D eigenvalue weighted by Crippen LogP contribution is 2.33. The summed E-state index contributed by atoms with van der Waals surface area (Å²) in [5, 5.41) is 7.47. The Hall–Kier alpha value is -2.94. The monoisotopic (exact) mass is 453 g/mol. The molecule has 0 aliphatic carbocycles. The molecule has 4 rings (SSSR count). The quantitative estimate of drug-likeness (QED) is 0.617. The second-order valence-corrected chi connectivity index (χ2v) is 8.57. The molecule has 0 saturated carbocycles. The first-order valence-electron chi connectivity index (χ1n) is 10.7. The smallest absolute Gasteiger partial charge is 0.247 e. The number of anilines is 2. The minimum absolute atomic E-state index is 0. The summed E-state index contributed by atoms with van der Waals surface area (Å²) in [6.45, 7) is 8.69. The Morgan fingerprint density at radius 3 is 2.56 bits per heavy atom. The maximum Gasteiger partial charge on any atom is 0.247 e. The van der Waals surface area contributed by atoms with E-state index in [9.17, 15) is 4.79 Å². The average Bonchev–Trinajstić information content (AvgIpc) is 3.16. The molecule has 0 saturated heterocycles. The fourth-order valence-corrected chi connectivity index (χ4v) is 4.04. The van der Waals surface area contributed by atoms with Crippen molar-refractivity contribution in [3.63, 3.8) is 0 Å². The fraction of sp³-hybridized carbons (Fsp3) is 0.435. The van der Waals surface area contributed by atoms with Gasteiger partial charge >= 0.3 is 0 Å². The fourth-order valence-electron chi connectivity index (χ4n) is 4.04. The normalized spacial score (nSPS) is 15.4. The Labute approximate surface area is 195 Å². The van der Waals surface area contributed by atoms with Crippen molar-refractivity contribution < 1.29 is 4.79 Å². The molecular weight excluding hydrogens is 422 g/mol. The summed E-state index contributed by atoms with van der Waals surface area (Å²) in [6, 6.07) is 3.86. The van der Waals surface area contributed by atoms with E-state index < -0.39 is 0 Å². The molecule has 0 unspecified atom stereocenters. The van der Waals surface area contributed by atoms with Gasteiger partial charge in [0.05, 0.1) is 18.4 Å². The lowest BCUT2D eigenvalue weighted by atomic mass is 9.99. The Kier molecular flexibility index (Phi) is 7.18. The molecule has 0 fully saturated rings. The number of rotatable bonds is 6. The number of nitrogens with zero attached hydrogens (tertiary/aromatic N) is 6. The minimum atomic E-state index is -0.232. The highest BCUT2D eigenvalue weighted by molar-refractivity contribution is 7.59. The zero-order valence-electron chi connectivity index (χ0n) is 19.3. The van der Waals surface area contributed by atoms with Crippen LogP contribution in [0.25, 0.3) is 0 Å². The Morgan fingerprint density at radius 2 is 1.88 bits per heavy atom. The van der Waals surface area contributed by atoms with E-state index in [-0.39, 0.29) is 31.4 Å². The van der Waals surface area contributed by atoms with Crippen LogP contribution in [0.1, 0.15) is 42.2 Å². The molecule has 0 bridgehead atoms. The van der Waals surface area contributed by atoms with Gasteiger partial charge in [0.2, 0.25) is 5.91 Å². The lowest BCUT2D eigenvalue weighted by Gasteiger charge is -2.36. The van der Waals surface area contributed by atoms with Crippen LogP contribution < -0.4 is 10.2 Å². The van der Waals surface area contributed by atoms with Gasteiger partial charge in [0.1, 0.15) is 17.6 Å². The van der Waals surface area contributed by atoms with E-state index in [1.807, 2.05) is 62.8 Å². The molecule has 8 nitrogen and oxygen atoms in total. The Morgan fingerprint density at radius 1 is 1.09 bits per heavy atom. The number of carbonyl (C=O) groups excluding carboxylic acids is 1. The van der Waals surface area contributed by atoms with Crippen molar-refractivity contribution in [3.05, 3.63) is 59.1 Å². The van der Waals surface area contributed by atoms with Crippen molar-refractivity contribution in [2.75, 3.05) is 17.3 Å². The zero-order chi connectivity index (χ0) is 22.1. The van der Waals surface area contributed by atoms with Crippen molar-refractivity contribution in [2.45, 2.75) is 53.1 Å². The van der Waals surface area contributed by atoms with Crippen LogP contribution in [0.15, 0.2) is 30.7 Å². The number of likely N-dealkylation sites (N-methyl/N-ethyl adjacent to an activating group) is 1. The third kappa shape index (κ3) is 4.93. The van der Waals surface area contributed by atoms with E-state index in [1.165, 1.54) is 0 Å². The number of hydrogen-bond acceptors (Lipinski definition) is 6. The van der Waals surface area contributed by atoms with E-state index in [0.717, 1.165) is 40.6 Å². The largest absolute Gasteiger partial charge is 0.346 e. The van der Waals surface area contributed by atoms with Gasteiger partial charge in [0.25, 0.3) is 0 Å². The summed E-state index contributed by atoms with van der Waals surface area (Å²) >= 11 is 0. The summed E-state index contributed by atoms with van der Waals surface area (Å²) in [7, 11) is 1.93. The average molecular weight is 454 g/mol. The standard InChI is InChI=1S/C23H29N7O.H2S/c1-14(2)21-23(31)28-20-16(4)26-19(27-22(20)29(21)5)9-8-18-11-25-30(13-18)12-17-7-6-15(3)24-10-17;/h6-7,10-11,13-14,21H,8-9,12H2,1-5H3,(H,28,31);1H2/t21-;/m0./s1. The lowest BCUT2D eigenvalue weighted by Crippen LogP contribution is -2.49. The first kappa shape index (κ1) is 23.7. The molecular formula is C23H31N7OS. The first-order valence-corrected chi connectivity index (χ1v) is 10.7. The molecule has 3 aromatic rings. The molecule has 4 heterocycles. The predicted molar refractivity (Wildman–Crippen MR) is 131 cm³/mol. The molecule has 1 amide bonds. The van der Waals surface area contributed by atoms with Crippen LogP contribution in [0.4, 0.5) is 11.5 Å². The number of pyridine rings is 1. The topological polar surface area (TPSA) is 88.8 Å². The molecule has 3 aromatic heterocycles. The molecule has 170 valence electrons.